The van der Waals surface area contributed by atoms with Crippen molar-refractivity contribution in [2.24, 2.45) is 5.92 Å². The maximum atomic E-state index is 5.46. The lowest BCUT2D eigenvalue weighted by atomic mass is 9.94. The predicted molar refractivity (Wildman–Crippen MR) is 77.4 cm³/mol. The molecule has 2 aliphatic heterocycles. The molecule has 0 saturated carbocycles. The highest BCUT2D eigenvalue weighted by atomic mass is 16.5. The Hall–Kier alpha value is -0.940. The van der Waals surface area contributed by atoms with Gasteiger partial charge in [-0.05, 0) is 58.5 Å². The largest absolute Gasteiger partial charge is 0.339 e. The van der Waals surface area contributed by atoms with Crippen molar-refractivity contribution in [3.05, 3.63) is 11.7 Å². The molecule has 0 aliphatic carbocycles. The second-order valence-corrected chi connectivity index (χ2v) is 6.50. The summed E-state index contributed by atoms with van der Waals surface area (Å²) in [4.78, 5) is 7.16. The highest BCUT2D eigenvalue weighted by Crippen LogP contribution is 2.24. The van der Waals surface area contributed by atoms with E-state index in [-0.39, 0.29) is 0 Å². The highest BCUT2D eigenvalue weighted by molar-refractivity contribution is 4.97. The first-order chi connectivity index (χ1) is 9.72. The first kappa shape index (κ1) is 14.0. The van der Waals surface area contributed by atoms with Gasteiger partial charge >= 0.3 is 0 Å². The number of nitrogens with one attached hydrogen (secondary N) is 1. The van der Waals surface area contributed by atoms with Crippen LogP contribution in [0.5, 0.6) is 0 Å². The summed E-state index contributed by atoms with van der Waals surface area (Å²) < 4.78 is 5.46. The molecule has 2 saturated heterocycles. The van der Waals surface area contributed by atoms with Gasteiger partial charge in [0.25, 0.3) is 0 Å². The molecular weight excluding hydrogens is 252 g/mol. The lowest BCUT2D eigenvalue weighted by molar-refractivity contribution is 0.135. The second-order valence-electron chi connectivity index (χ2n) is 6.50. The fourth-order valence-corrected chi connectivity index (χ4v) is 3.38. The van der Waals surface area contributed by atoms with Gasteiger partial charge < -0.3 is 14.7 Å². The maximum Gasteiger partial charge on any atom is 0.227 e. The van der Waals surface area contributed by atoms with Gasteiger partial charge in [-0.2, -0.15) is 4.98 Å². The zero-order valence-electron chi connectivity index (χ0n) is 12.6. The van der Waals surface area contributed by atoms with Crippen LogP contribution >= 0.6 is 0 Å². The number of aromatic nitrogens is 2. The van der Waals surface area contributed by atoms with Crippen LogP contribution in [0.3, 0.4) is 0 Å². The van der Waals surface area contributed by atoms with E-state index < -0.39 is 0 Å². The maximum absolute atomic E-state index is 5.46. The Bertz CT molecular complexity index is 425. The molecule has 2 unspecified atom stereocenters. The Balaban J connectivity index is 1.57. The van der Waals surface area contributed by atoms with E-state index in [9.17, 15) is 0 Å². The van der Waals surface area contributed by atoms with Gasteiger partial charge in [-0.15, -0.1) is 0 Å². The molecule has 5 nitrogen and oxygen atoms in total. The van der Waals surface area contributed by atoms with Crippen LogP contribution in [-0.2, 0) is 6.42 Å². The minimum atomic E-state index is 0.311. The van der Waals surface area contributed by atoms with E-state index in [1.807, 2.05) is 0 Å². The van der Waals surface area contributed by atoms with Gasteiger partial charge in [0.15, 0.2) is 5.82 Å². The van der Waals surface area contributed by atoms with E-state index in [0.717, 1.165) is 37.6 Å². The fourth-order valence-electron chi connectivity index (χ4n) is 3.38. The molecule has 1 aromatic heterocycles. The molecule has 0 spiro atoms. The summed E-state index contributed by atoms with van der Waals surface area (Å²) >= 11 is 0. The lowest BCUT2D eigenvalue weighted by Crippen LogP contribution is -2.40. The fraction of sp³-hybridized carbons (Fsp3) is 0.867. The van der Waals surface area contributed by atoms with Gasteiger partial charge in [0.1, 0.15) is 0 Å². The molecule has 2 atom stereocenters. The van der Waals surface area contributed by atoms with Crippen LogP contribution < -0.4 is 5.32 Å². The molecule has 1 aromatic rings. The van der Waals surface area contributed by atoms with Crippen LogP contribution in [0.2, 0.25) is 0 Å². The van der Waals surface area contributed by atoms with Crippen LogP contribution in [0.15, 0.2) is 4.52 Å². The molecular formula is C15H26N4O. The summed E-state index contributed by atoms with van der Waals surface area (Å²) in [6.07, 6.45) is 5.84. The smallest absolute Gasteiger partial charge is 0.227 e. The van der Waals surface area contributed by atoms with Crippen LogP contribution in [0.4, 0.5) is 0 Å². The highest BCUT2D eigenvalue weighted by Gasteiger charge is 2.25. The first-order valence-electron chi connectivity index (χ1n) is 8.02. The number of rotatable bonds is 4. The monoisotopic (exact) mass is 278 g/mol. The summed E-state index contributed by atoms with van der Waals surface area (Å²) in [5, 5.41) is 7.57. The van der Waals surface area contributed by atoms with Crippen LogP contribution in [-0.4, -0.2) is 40.7 Å². The standard InChI is InChI=1S/C15H26N4O/c1-11(2)19-8-4-5-12(10-19)9-14-17-15(18-20-14)13-6-3-7-16-13/h11-13,16H,3-10H2,1-2H3. The van der Waals surface area contributed by atoms with Crippen LogP contribution in [0.25, 0.3) is 0 Å². The van der Waals surface area contributed by atoms with Crippen molar-refractivity contribution in [3.63, 3.8) is 0 Å². The van der Waals surface area contributed by atoms with E-state index in [0.29, 0.717) is 18.0 Å². The predicted octanol–water partition coefficient (Wildman–Crippen LogP) is 2.16. The van der Waals surface area contributed by atoms with Gasteiger partial charge in [0.05, 0.1) is 6.04 Å². The number of hydrogen-bond acceptors (Lipinski definition) is 5. The van der Waals surface area contributed by atoms with Crippen LogP contribution in [0.1, 0.15) is 57.3 Å². The van der Waals surface area contributed by atoms with E-state index in [1.54, 1.807) is 0 Å². The number of hydrogen-bond donors (Lipinski definition) is 1. The minimum Gasteiger partial charge on any atom is -0.339 e. The third-order valence-corrected chi connectivity index (χ3v) is 4.60. The Morgan fingerprint density at radius 3 is 3.00 bits per heavy atom. The first-order valence-corrected chi connectivity index (χ1v) is 8.02. The molecule has 1 N–H and O–H groups in total. The molecule has 2 aliphatic rings. The number of nitrogens with zero attached hydrogens (tertiary/aromatic N) is 3. The topological polar surface area (TPSA) is 54.2 Å². The zero-order valence-corrected chi connectivity index (χ0v) is 12.6. The third-order valence-electron chi connectivity index (χ3n) is 4.60. The second kappa shape index (κ2) is 6.22. The third kappa shape index (κ3) is 3.20. The van der Waals surface area contributed by atoms with Gasteiger partial charge in [0.2, 0.25) is 5.89 Å². The number of piperidine rings is 1. The van der Waals surface area contributed by atoms with Gasteiger partial charge in [0, 0.05) is 19.0 Å². The van der Waals surface area contributed by atoms with Crippen molar-refractivity contribution in [1.82, 2.24) is 20.4 Å². The quantitative estimate of drug-likeness (QED) is 0.914. The molecule has 0 radical (unpaired) electrons. The van der Waals surface area contributed by atoms with E-state index in [1.165, 1.54) is 25.8 Å². The Morgan fingerprint density at radius 1 is 1.35 bits per heavy atom. The summed E-state index contributed by atoms with van der Waals surface area (Å²) in [5.74, 6) is 2.34. The van der Waals surface area contributed by atoms with Crippen molar-refractivity contribution in [2.75, 3.05) is 19.6 Å². The zero-order chi connectivity index (χ0) is 13.9. The molecule has 0 aromatic carbocycles. The normalized spacial score (nSPS) is 28.4. The van der Waals surface area contributed by atoms with Crippen molar-refractivity contribution in [3.8, 4) is 0 Å². The summed E-state index contributed by atoms with van der Waals surface area (Å²) in [6.45, 7) is 8.02. The molecule has 0 amide bonds. The summed E-state index contributed by atoms with van der Waals surface area (Å²) in [5.41, 5.74) is 0. The molecule has 3 rings (SSSR count). The van der Waals surface area contributed by atoms with Gasteiger partial charge in [-0.1, -0.05) is 5.16 Å². The van der Waals surface area contributed by atoms with E-state index in [4.69, 9.17) is 4.52 Å². The van der Waals surface area contributed by atoms with Gasteiger partial charge in [-0.25, -0.2) is 0 Å². The van der Waals surface area contributed by atoms with Gasteiger partial charge in [-0.3, -0.25) is 0 Å². The SMILES string of the molecule is CC(C)N1CCCC(Cc2nc(C3CCCN3)no2)C1. The lowest BCUT2D eigenvalue weighted by Gasteiger charge is -2.34. The van der Waals surface area contributed by atoms with E-state index >= 15 is 0 Å². The Labute approximate surface area is 121 Å². The average molecular weight is 278 g/mol. The van der Waals surface area contributed by atoms with Crippen molar-refractivity contribution >= 4 is 0 Å². The average Bonchev–Trinajstić information content (AvgIpc) is 3.09. The number of likely N-dealkylation sites (tertiary alicyclic amines) is 1. The molecule has 112 valence electrons. The molecule has 5 heteroatoms. The van der Waals surface area contributed by atoms with Crippen molar-refractivity contribution < 1.29 is 4.52 Å². The Morgan fingerprint density at radius 2 is 2.25 bits per heavy atom. The Kier molecular flexibility index (Phi) is 4.36. The summed E-state index contributed by atoms with van der Waals surface area (Å²) in [6, 6.07) is 0.949. The molecule has 20 heavy (non-hydrogen) atoms. The van der Waals surface area contributed by atoms with Crippen molar-refractivity contribution in [2.45, 2.75) is 58.0 Å². The minimum absolute atomic E-state index is 0.311. The van der Waals surface area contributed by atoms with Crippen LogP contribution in [0, 0.1) is 5.92 Å². The summed E-state index contributed by atoms with van der Waals surface area (Å²) in [7, 11) is 0. The van der Waals surface area contributed by atoms with E-state index in [2.05, 4.69) is 34.2 Å². The van der Waals surface area contributed by atoms with Crippen molar-refractivity contribution in [1.29, 1.82) is 0 Å². The molecule has 0 bridgehead atoms. The molecule has 3 heterocycles. The molecule has 2 fully saturated rings.